The summed E-state index contributed by atoms with van der Waals surface area (Å²) in [4.78, 5) is 10.8. The van der Waals surface area contributed by atoms with E-state index in [4.69, 9.17) is 21.4 Å². The number of fused-ring (bicyclic) bond motifs is 1. The van der Waals surface area contributed by atoms with Gasteiger partial charge in [-0.25, -0.2) is 4.79 Å². The smallest absolute Gasteiger partial charge is 0.358 e. The lowest BCUT2D eigenvalue weighted by Gasteiger charge is -2.17. The standard InChI is InChI=1S/C13H17N3O3/c14-12(11(16-15)13(17)18)19-10-6-5-8-3-1-2-4-9(8)7-10/h5-7,16H,1-4,14-15H2,(H,17,18)/b12-11+. The molecule has 1 aromatic carbocycles. The molecule has 6 nitrogen and oxygen atoms in total. The number of carbonyl (C=O) groups is 1. The van der Waals surface area contributed by atoms with Gasteiger partial charge in [-0.2, -0.15) is 0 Å². The van der Waals surface area contributed by atoms with Crippen molar-refractivity contribution >= 4 is 5.97 Å². The van der Waals surface area contributed by atoms with Crippen LogP contribution in [0.25, 0.3) is 0 Å². The highest BCUT2D eigenvalue weighted by atomic mass is 16.5. The highest BCUT2D eigenvalue weighted by Gasteiger charge is 2.14. The van der Waals surface area contributed by atoms with E-state index in [1.165, 1.54) is 17.5 Å². The summed E-state index contributed by atoms with van der Waals surface area (Å²) in [6.45, 7) is 0. The highest BCUT2D eigenvalue weighted by Crippen LogP contribution is 2.26. The largest absolute Gasteiger partial charge is 0.476 e. The molecule has 0 spiro atoms. The fraction of sp³-hybridized carbons (Fsp3) is 0.308. The third-order valence-electron chi connectivity index (χ3n) is 3.15. The Morgan fingerprint density at radius 2 is 1.95 bits per heavy atom. The van der Waals surface area contributed by atoms with Crippen molar-refractivity contribution < 1.29 is 14.6 Å². The summed E-state index contributed by atoms with van der Waals surface area (Å²) < 4.78 is 5.33. The Kier molecular flexibility index (Phi) is 3.91. The first-order chi connectivity index (χ1) is 9.11. The lowest BCUT2D eigenvalue weighted by molar-refractivity contribution is -0.133. The molecule has 1 aromatic rings. The molecule has 0 unspecified atom stereocenters. The molecule has 102 valence electrons. The fourth-order valence-electron chi connectivity index (χ4n) is 2.19. The van der Waals surface area contributed by atoms with Crippen LogP contribution in [0.5, 0.6) is 5.75 Å². The molecular formula is C13H17N3O3. The zero-order valence-electron chi connectivity index (χ0n) is 10.5. The summed E-state index contributed by atoms with van der Waals surface area (Å²) in [6.07, 6.45) is 4.45. The summed E-state index contributed by atoms with van der Waals surface area (Å²) in [5.74, 6) is 4.09. The molecule has 0 atom stereocenters. The third-order valence-corrected chi connectivity index (χ3v) is 3.15. The molecule has 2 rings (SSSR count). The molecule has 0 saturated carbocycles. The Labute approximate surface area is 111 Å². The van der Waals surface area contributed by atoms with Crippen molar-refractivity contribution in [2.45, 2.75) is 25.7 Å². The van der Waals surface area contributed by atoms with Gasteiger partial charge in [0.05, 0.1) is 0 Å². The molecule has 0 aromatic heterocycles. The molecule has 0 amide bonds. The number of aryl methyl sites for hydroxylation is 2. The van der Waals surface area contributed by atoms with E-state index >= 15 is 0 Å². The Balaban J connectivity index is 2.21. The van der Waals surface area contributed by atoms with Gasteiger partial charge in [-0.05, 0) is 48.9 Å². The molecule has 0 heterocycles. The number of carboxylic acids is 1. The third kappa shape index (κ3) is 2.97. The van der Waals surface area contributed by atoms with Gasteiger partial charge in [0.1, 0.15) is 5.75 Å². The molecule has 6 heteroatoms. The Bertz CT molecular complexity index is 526. The number of rotatable bonds is 4. The van der Waals surface area contributed by atoms with E-state index in [1.54, 1.807) is 6.07 Å². The number of nitrogens with one attached hydrogen (secondary N) is 1. The average molecular weight is 263 g/mol. The summed E-state index contributed by atoms with van der Waals surface area (Å²) in [6, 6.07) is 5.68. The van der Waals surface area contributed by atoms with Crippen molar-refractivity contribution in [1.29, 1.82) is 0 Å². The van der Waals surface area contributed by atoms with Crippen LogP contribution >= 0.6 is 0 Å². The lowest BCUT2D eigenvalue weighted by Crippen LogP contribution is -2.31. The first kappa shape index (κ1) is 13.2. The minimum Gasteiger partial charge on any atom is -0.476 e. The SMILES string of the molecule is NN/C(C(=O)O)=C(\N)Oc1ccc2c(c1)CCCC2. The lowest BCUT2D eigenvalue weighted by atomic mass is 9.92. The number of carboxylic acid groups (broad SMARTS) is 1. The van der Waals surface area contributed by atoms with Crippen LogP contribution in [0.3, 0.4) is 0 Å². The van der Waals surface area contributed by atoms with Crippen LogP contribution < -0.4 is 21.7 Å². The first-order valence-electron chi connectivity index (χ1n) is 6.11. The second kappa shape index (κ2) is 5.62. The predicted molar refractivity (Wildman–Crippen MR) is 69.9 cm³/mol. The molecule has 0 radical (unpaired) electrons. The Hall–Kier alpha value is -2.21. The van der Waals surface area contributed by atoms with Crippen molar-refractivity contribution in [3.05, 3.63) is 40.9 Å². The molecular weight excluding hydrogens is 246 g/mol. The molecule has 19 heavy (non-hydrogen) atoms. The van der Waals surface area contributed by atoms with Gasteiger partial charge >= 0.3 is 5.97 Å². The summed E-state index contributed by atoms with van der Waals surface area (Å²) in [7, 11) is 0. The van der Waals surface area contributed by atoms with Crippen LogP contribution in [0.1, 0.15) is 24.0 Å². The number of benzene rings is 1. The molecule has 0 bridgehead atoms. The number of hydrogen-bond acceptors (Lipinski definition) is 5. The summed E-state index contributed by atoms with van der Waals surface area (Å²) in [5.41, 5.74) is 9.77. The topological polar surface area (TPSA) is 111 Å². The molecule has 0 fully saturated rings. The van der Waals surface area contributed by atoms with Gasteiger partial charge < -0.3 is 21.0 Å². The fourth-order valence-corrected chi connectivity index (χ4v) is 2.19. The molecule has 1 aliphatic carbocycles. The van der Waals surface area contributed by atoms with Crippen molar-refractivity contribution in [2.24, 2.45) is 11.6 Å². The van der Waals surface area contributed by atoms with Crippen LogP contribution in [0, 0.1) is 0 Å². The van der Waals surface area contributed by atoms with Crippen LogP contribution in [-0.4, -0.2) is 11.1 Å². The van der Waals surface area contributed by atoms with Crippen molar-refractivity contribution in [3.63, 3.8) is 0 Å². The zero-order chi connectivity index (χ0) is 13.8. The number of hydrogen-bond donors (Lipinski definition) is 4. The van der Waals surface area contributed by atoms with Gasteiger partial charge in [0.25, 0.3) is 0 Å². The van der Waals surface area contributed by atoms with Crippen molar-refractivity contribution in [3.8, 4) is 5.75 Å². The predicted octanol–water partition coefficient (Wildman–Crippen LogP) is 0.620. The van der Waals surface area contributed by atoms with E-state index in [1.807, 2.05) is 17.6 Å². The molecule has 0 aliphatic heterocycles. The van der Waals surface area contributed by atoms with E-state index in [-0.39, 0.29) is 11.6 Å². The maximum absolute atomic E-state index is 10.8. The summed E-state index contributed by atoms with van der Waals surface area (Å²) in [5, 5.41) is 8.85. The monoisotopic (exact) mass is 263 g/mol. The normalized spacial score (nSPS) is 15.2. The van der Waals surface area contributed by atoms with Gasteiger partial charge in [-0.3, -0.25) is 5.84 Å². The van der Waals surface area contributed by atoms with Crippen LogP contribution in [-0.2, 0) is 17.6 Å². The van der Waals surface area contributed by atoms with E-state index in [9.17, 15) is 4.79 Å². The minimum absolute atomic E-state index is 0.259. The average Bonchev–Trinajstić information content (AvgIpc) is 2.39. The first-order valence-corrected chi connectivity index (χ1v) is 6.11. The molecule has 6 N–H and O–H groups in total. The van der Waals surface area contributed by atoms with Crippen LogP contribution in [0.4, 0.5) is 0 Å². The minimum atomic E-state index is -1.27. The number of ether oxygens (including phenoxy) is 1. The maximum Gasteiger partial charge on any atom is 0.358 e. The van der Waals surface area contributed by atoms with Gasteiger partial charge in [0.2, 0.25) is 5.88 Å². The van der Waals surface area contributed by atoms with Gasteiger partial charge in [0, 0.05) is 0 Å². The second-order valence-corrected chi connectivity index (χ2v) is 4.43. The van der Waals surface area contributed by atoms with E-state index < -0.39 is 5.97 Å². The quantitative estimate of drug-likeness (QED) is 0.274. The second-order valence-electron chi connectivity index (χ2n) is 4.43. The van der Waals surface area contributed by atoms with Crippen LogP contribution in [0.2, 0.25) is 0 Å². The van der Waals surface area contributed by atoms with Gasteiger partial charge in [0.15, 0.2) is 5.70 Å². The zero-order valence-corrected chi connectivity index (χ0v) is 10.5. The Morgan fingerprint density at radius 1 is 1.26 bits per heavy atom. The van der Waals surface area contributed by atoms with Crippen LogP contribution in [0.15, 0.2) is 29.8 Å². The number of nitrogens with two attached hydrogens (primary N) is 2. The van der Waals surface area contributed by atoms with E-state index in [2.05, 4.69) is 0 Å². The van der Waals surface area contributed by atoms with Gasteiger partial charge in [-0.1, -0.05) is 6.07 Å². The maximum atomic E-state index is 10.8. The van der Waals surface area contributed by atoms with Gasteiger partial charge in [-0.15, -0.1) is 0 Å². The molecule has 1 aliphatic rings. The number of aliphatic carboxylic acids is 1. The van der Waals surface area contributed by atoms with E-state index in [0.717, 1.165) is 19.3 Å². The highest BCUT2D eigenvalue weighted by molar-refractivity contribution is 5.86. The van der Waals surface area contributed by atoms with Crippen molar-refractivity contribution in [1.82, 2.24) is 5.43 Å². The summed E-state index contributed by atoms with van der Waals surface area (Å²) >= 11 is 0. The molecule has 0 saturated heterocycles. The van der Waals surface area contributed by atoms with Crippen molar-refractivity contribution in [2.75, 3.05) is 0 Å². The van der Waals surface area contributed by atoms with E-state index in [0.29, 0.717) is 5.75 Å². The number of hydrazine groups is 1. The Morgan fingerprint density at radius 3 is 2.58 bits per heavy atom.